The molecule has 8 heteroatoms. The van der Waals surface area contributed by atoms with Crippen LogP contribution in [0.15, 0.2) is 12.1 Å². The number of benzene rings is 1. The highest BCUT2D eigenvalue weighted by Gasteiger charge is 2.15. The first kappa shape index (κ1) is 15.4. The van der Waals surface area contributed by atoms with Crippen LogP contribution in [0.2, 0.25) is 0 Å². The quantitative estimate of drug-likeness (QED) is 0.782. The predicted molar refractivity (Wildman–Crippen MR) is 67.4 cm³/mol. The number of nitrogens with one attached hydrogen (secondary N) is 1. The first-order valence-electron chi connectivity index (χ1n) is 5.50. The van der Waals surface area contributed by atoms with Gasteiger partial charge in [0.2, 0.25) is 0 Å². The number of sulfone groups is 1. The maximum absolute atomic E-state index is 13.3. The molecular formula is C11H14F2N2O3S. The molecule has 0 saturated carbocycles. The molecule has 0 spiro atoms. The number of nitrogens with two attached hydrogens (primary N) is 1. The Morgan fingerprint density at radius 1 is 1.32 bits per heavy atom. The van der Waals surface area contributed by atoms with Gasteiger partial charge in [-0.3, -0.25) is 4.79 Å². The summed E-state index contributed by atoms with van der Waals surface area (Å²) in [4.78, 5) is 11.6. The van der Waals surface area contributed by atoms with Crippen LogP contribution in [0.25, 0.3) is 0 Å². The lowest BCUT2D eigenvalue weighted by molar-refractivity contribution is 0.0952. The van der Waals surface area contributed by atoms with Crippen molar-refractivity contribution in [2.24, 2.45) is 0 Å². The van der Waals surface area contributed by atoms with E-state index in [4.69, 9.17) is 5.73 Å². The molecule has 0 radical (unpaired) electrons. The molecule has 0 aromatic heterocycles. The van der Waals surface area contributed by atoms with Gasteiger partial charge in [0.25, 0.3) is 5.91 Å². The monoisotopic (exact) mass is 292 g/mol. The van der Waals surface area contributed by atoms with E-state index in [1.165, 1.54) is 6.92 Å². The normalized spacial score (nSPS) is 11.3. The minimum absolute atomic E-state index is 0.0409. The number of halogens is 2. The van der Waals surface area contributed by atoms with Gasteiger partial charge in [-0.2, -0.15) is 0 Å². The van der Waals surface area contributed by atoms with Crippen LogP contribution in [0.3, 0.4) is 0 Å². The lowest BCUT2D eigenvalue weighted by atomic mass is 10.1. The Kier molecular flexibility index (Phi) is 4.82. The molecule has 0 aliphatic rings. The van der Waals surface area contributed by atoms with Crippen molar-refractivity contribution >= 4 is 21.4 Å². The predicted octanol–water partition coefficient (Wildman–Crippen LogP) is 0.712. The van der Waals surface area contributed by atoms with Gasteiger partial charge in [0, 0.05) is 18.4 Å². The summed E-state index contributed by atoms with van der Waals surface area (Å²) in [5.74, 6) is -3.13. The second-order valence-corrected chi connectivity index (χ2v) is 6.32. The number of rotatable bonds is 5. The molecule has 0 aliphatic heterocycles. The fourth-order valence-corrected chi connectivity index (χ4v) is 2.00. The van der Waals surface area contributed by atoms with Gasteiger partial charge in [-0.1, -0.05) is 6.92 Å². The van der Waals surface area contributed by atoms with Crippen molar-refractivity contribution in [3.8, 4) is 0 Å². The molecule has 106 valence electrons. The lowest BCUT2D eigenvalue weighted by Crippen LogP contribution is -2.30. The third-order valence-corrected chi connectivity index (χ3v) is 4.18. The maximum Gasteiger partial charge on any atom is 0.254 e. The fraction of sp³-hybridized carbons (Fsp3) is 0.364. The first-order chi connectivity index (χ1) is 8.76. The molecule has 19 heavy (non-hydrogen) atoms. The molecule has 0 saturated heterocycles. The van der Waals surface area contributed by atoms with E-state index in [-0.39, 0.29) is 23.7 Å². The van der Waals surface area contributed by atoms with Crippen LogP contribution in [0, 0.1) is 11.6 Å². The van der Waals surface area contributed by atoms with Gasteiger partial charge in [0.05, 0.1) is 17.0 Å². The van der Waals surface area contributed by atoms with E-state index < -0.39 is 32.9 Å². The lowest BCUT2D eigenvalue weighted by Gasteiger charge is -2.07. The standard InChI is InChI=1S/C11H14F2N2O3S/c1-2-19(17,18)4-3-15-11(16)7-5-10(14)9(13)6-8(7)12/h5-6H,2-4,14H2,1H3,(H,15,16). The smallest absolute Gasteiger partial charge is 0.254 e. The molecule has 0 atom stereocenters. The SMILES string of the molecule is CCS(=O)(=O)CCNC(=O)c1cc(N)c(F)cc1F. The van der Waals surface area contributed by atoms with E-state index in [1.54, 1.807) is 0 Å². The van der Waals surface area contributed by atoms with Gasteiger partial charge in [-0.05, 0) is 6.07 Å². The van der Waals surface area contributed by atoms with E-state index in [2.05, 4.69) is 5.32 Å². The summed E-state index contributed by atoms with van der Waals surface area (Å²) >= 11 is 0. The van der Waals surface area contributed by atoms with Gasteiger partial charge in [-0.25, -0.2) is 17.2 Å². The summed E-state index contributed by atoms with van der Waals surface area (Å²) in [6.07, 6.45) is 0. The van der Waals surface area contributed by atoms with Crippen molar-refractivity contribution in [1.82, 2.24) is 5.32 Å². The Hall–Kier alpha value is -1.70. The van der Waals surface area contributed by atoms with Crippen LogP contribution in [0.1, 0.15) is 17.3 Å². The first-order valence-corrected chi connectivity index (χ1v) is 7.32. The molecule has 3 N–H and O–H groups in total. The van der Waals surface area contributed by atoms with Gasteiger partial charge < -0.3 is 11.1 Å². The number of nitrogen functional groups attached to an aromatic ring is 1. The van der Waals surface area contributed by atoms with Gasteiger partial charge in [-0.15, -0.1) is 0 Å². The van der Waals surface area contributed by atoms with E-state index in [0.717, 1.165) is 6.07 Å². The van der Waals surface area contributed by atoms with Gasteiger partial charge in [0.1, 0.15) is 11.6 Å². The summed E-state index contributed by atoms with van der Waals surface area (Å²) in [7, 11) is -3.22. The van der Waals surface area contributed by atoms with Crippen molar-refractivity contribution in [2.45, 2.75) is 6.92 Å². The number of amides is 1. The van der Waals surface area contributed by atoms with Crippen LogP contribution in [0.5, 0.6) is 0 Å². The largest absolute Gasteiger partial charge is 0.396 e. The zero-order chi connectivity index (χ0) is 14.6. The third kappa shape index (κ3) is 4.16. The average molecular weight is 292 g/mol. The topological polar surface area (TPSA) is 89.3 Å². The van der Waals surface area contributed by atoms with Crippen LogP contribution >= 0.6 is 0 Å². The van der Waals surface area contributed by atoms with Crippen LogP contribution in [-0.2, 0) is 9.84 Å². The molecule has 1 aromatic rings. The highest BCUT2D eigenvalue weighted by molar-refractivity contribution is 7.91. The van der Waals surface area contributed by atoms with E-state index in [1.807, 2.05) is 0 Å². The summed E-state index contributed by atoms with van der Waals surface area (Å²) in [6, 6.07) is 1.38. The number of hydrogen-bond acceptors (Lipinski definition) is 4. The highest BCUT2D eigenvalue weighted by atomic mass is 32.2. The number of anilines is 1. The minimum atomic E-state index is -3.22. The summed E-state index contributed by atoms with van der Waals surface area (Å²) in [5, 5.41) is 2.24. The summed E-state index contributed by atoms with van der Waals surface area (Å²) in [5.41, 5.74) is 4.45. The van der Waals surface area contributed by atoms with Crippen molar-refractivity contribution in [3.05, 3.63) is 29.3 Å². The van der Waals surface area contributed by atoms with E-state index in [0.29, 0.717) is 6.07 Å². The maximum atomic E-state index is 13.3. The Balaban J connectivity index is 2.72. The van der Waals surface area contributed by atoms with Crippen molar-refractivity contribution < 1.29 is 22.0 Å². The van der Waals surface area contributed by atoms with Crippen LogP contribution < -0.4 is 11.1 Å². The van der Waals surface area contributed by atoms with E-state index >= 15 is 0 Å². The number of hydrogen-bond donors (Lipinski definition) is 2. The summed E-state index contributed by atoms with van der Waals surface area (Å²) in [6.45, 7) is 1.34. The van der Waals surface area contributed by atoms with Crippen LogP contribution in [0.4, 0.5) is 14.5 Å². The summed E-state index contributed by atoms with van der Waals surface area (Å²) < 4.78 is 48.6. The molecule has 0 unspecified atom stereocenters. The Morgan fingerprint density at radius 3 is 2.53 bits per heavy atom. The molecule has 0 fully saturated rings. The van der Waals surface area contributed by atoms with Crippen molar-refractivity contribution in [2.75, 3.05) is 23.8 Å². The average Bonchev–Trinajstić information content (AvgIpc) is 2.33. The zero-order valence-electron chi connectivity index (χ0n) is 10.2. The number of carbonyl (C=O) groups excluding carboxylic acids is 1. The molecule has 0 bridgehead atoms. The molecule has 5 nitrogen and oxygen atoms in total. The minimum Gasteiger partial charge on any atom is -0.396 e. The molecular weight excluding hydrogens is 278 g/mol. The number of carbonyl (C=O) groups is 1. The van der Waals surface area contributed by atoms with Crippen molar-refractivity contribution in [1.29, 1.82) is 0 Å². The van der Waals surface area contributed by atoms with Crippen LogP contribution in [-0.4, -0.2) is 32.4 Å². The zero-order valence-corrected chi connectivity index (χ0v) is 11.1. The Bertz CT molecular complexity index is 588. The Morgan fingerprint density at radius 2 is 1.95 bits per heavy atom. The van der Waals surface area contributed by atoms with Gasteiger partial charge in [0.15, 0.2) is 9.84 Å². The third-order valence-electron chi connectivity index (χ3n) is 2.47. The fourth-order valence-electron chi connectivity index (χ4n) is 1.30. The molecule has 0 heterocycles. The van der Waals surface area contributed by atoms with Gasteiger partial charge >= 0.3 is 0 Å². The molecule has 1 aromatic carbocycles. The molecule has 1 rings (SSSR count). The van der Waals surface area contributed by atoms with E-state index in [9.17, 15) is 22.0 Å². The Labute approximate surface area is 109 Å². The molecule has 0 aliphatic carbocycles. The second kappa shape index (κ2) is 5.96. The molecule has 1 amide bonds. The highest BCUT2D eigenvalue weighted by Crippen LogP contribution is 2.16. The second-order valence-electron chi connectivity index (χ2n) is 3.85. The van der Waals surface area contributed by atoms with Crippen molar-refractivity contribution in [3.63, 3.8) is 0 Å².